The fourth-order valence-corrected chi connectivity index (χ4v) is 4.20. The summed E-state index contributed by atoms with van der Waals surface area (Å²) < 4.78 is 43.3. The van der Waals surface area contributed by atoms with E-state index in [9.17, 15) is 27.9 Å². The van der Waals surface area contributed by atoms with Crippen molar-refractivity contribution in [2.75, 3.05) is 7.11 Å². The van der Waals surface area contributed by atoms with Gasteiger partial charge in [-0.25, -0.2) is 4.79 Å². The van der Waals surface area contributed by atoms with Crippen LogP contribution in [0, 0.1) is 0 Å². The summed E-state index contributed by atoms with van der Waals surface area (Å²) in [5, 5.41) is 13.0. The largest absolute Gasteiger partial charge is 0.467 e. The van der Waals surface area contributed by atoms with Crippen LogP contribution in [0.5, 0.6) is 0 Å². The van der Waals surface area contributed by atoms with E-state index in [1.807, 2.05) is 48.5 Å². The number of ether oxygens (including phenoxy) is 1. The molecule has 0 saturated carbocycles. The number of hydrogen-bond donors (Lipinski definition) is 2. The van der Waals surface area contributed by atoms with Gasteiger partial charge in [0.1, 0.15) is 6.04 Å². The Morgan fingerprint density at radius 1 is 0.909 bits per heavy atom. The van der Waals surface area contributed by atoms with Gasteiger partial charge in [-0.3, -0.25) is 4.79 Å². The molecule has 3 aromatic rings. The molecule has 2 N–H and O–H groups in total. The van der Waals surface area contributed by atoms with Crippen molar-refractivity contribution in [3.8, 4) is 11.1 Å². The molecule has 0 aromatic heterocycles. The van der Waals surface area contributed by atoms with Gasteiger partial charge in [0.2, 0.25) is 0 Å². The van der Waals surface area contributed by atoms with Crippen LogP contribution in [-0.2, 0) is 20.5 Å². The topological polar surface area (TPSA) is 75.6 Å². The Morgan fingerprint density at radius 2 is 1.42 bits per heavy atom. The van der Waals surface area contributed by atoms with Gasteiger partial charge >= 0.3 is 12.1 Å². The maximum atomic E-state index is 12.8. The molecule has 170 valence electrons. The lowest BCUT2D eigenvalue weighted by Crippen LogP contribution is -2.47. The van der Waals surface area contributed by atoms with Gasteiger partial charge in [-0.05, 0) is 39.9 Å². The molecule has 0 aliphatic heterocycles. The standard InChI is InChI=1S/C25H20F3NO4/c1-33-24(32)21(20-18-8-4-2-6-16(18)17-7-3-5-9-19(17)20)29-23(31)22(30)14-10-12-15(13-11-14)25(26,27)28/h2-13,20-22,30H,1H3,(H,29,31)/t21-,22+/m0/s1. The first-order valence-electron chi connectivity index (χ1n) is 10.1. The highest BCUT2D eigenvalue weighted by atomic mass is 19.4. The second kappa shape index (κ2) is 8.71. The van der Waals surface area contributed by atoms with Crippen molar-refractivity contribution in [2.45, 2.75) is 24.2 Å². The minimum atomic E-state index is -4.54. The normalized spacial score (nSPS) is 14.7. The van der Waals surface area contributed by atoms with Crippen molar-refractivity contribution in [2.24, 2.45) is 0 Å². The Morgan fingerprint density at radius 3 is 1.91 bits per heavy atom. The van der Waals surface area contributed by atoms with Gasteiger partial charge in [0.05, 0.1) is 12.7 Å². The molecule has 0 bridgehead atoms. The lowest BCUT2D eigenvalue weighted by atomic mass is 9.89. The first-order valence-corrected chi connectivity index (χ1v) is 10.1. The molecule has 8 heteroatoms. The van der Waals surface area contributed by atoms with E-state index in [2.05, 4.69) is 5.32 Å². The third-order valence-electron chi connectivity index (χ3n) is 5.77. The smallest absolute Gasteiger partial charge is 0.416 e. The van der Waals surface area contributed by atoms with Crippen LogP contribution in [0.1, 0.15) is 34.3 Å². The van der Waals surface area contributed by atoms with Gasteiger partial charge in [0.25, 0.3) is 5.91 Å². The van der Waals surface area contributed by atoms with Crippen molar-refractivity contribution >= 4 is 11.9 Å². The second-order valence-electron chi connectivity index (χ2n) is 7.68. The molecule has 1 aliphatic rings. The van der Waals surface area contributed by atoms with Gasteiger partial charge < -0.3 is 15.2 Å². The Hall–Kier alpha value is -3.65. The summed E-state index contributed by atoms with van der Waals surface area (Å²) in [5.41, 5.74) is 2.55. The molecule has 3 aromatic carbocycles. The van der Waals surface area contributed by atoms with Crippen LogP contribution in [0.15, 0.2) is 72.8 Å². The number of carbonyl (C=O) groups is 2. The highest BCUT2D eigenvalue weighted by Gasteiger charge is 2.40. The number of esters is 1. The van der Waals surface area contributed by atoms with Gasteiger partial charge in [-0.1, -0.05) is 60.7 Å². The quantitative estimate of drug-likeness (QED) is 0.566. The molecule has 0 fully saturated rings. The Kier molecular flexibility index (Phi) is 5.95. The summed E-state index contributed by atoms with van der Waals surface area (Å²) in [5.74, 6) is -2.19. The van der Waals surface area contributed by atoms with E-state index >= 15 is 0 Å². The lowest BCUT2D eigenvalue weighted by molar-refractivity contribution is -0.146. The number of halogens is 3. The minimum absolute atomic E-state index is 0.0312. The number of carbonyl (C=O) groups excluding carboxylic acids is 2. The van der Waals surface area contributed by atoms with Crippen LogP contribution in [0.4, 0.5) is 13.2 Å². The lowest BCUT2D eigenvalue weighted by Gasteiger charge is -2.25. The highest BCUT2D eigenvalue weighted by Crippen LogP contribution is 2.46. The van der Waals surface area contributed by atoms with Gasteiger partial charge in [0, 0.05) is 5.92 Å². The molecule has 1 aliphatic carbocycles. The minimum Gasteiger partial charge on any atom is -0.467 e. The van der Waals surface area contributed by atoms with Crippen LogP contribution in [0.25, 0.3) is 11.1 Å². The van der Waals surface area contributed by atoms with Crippen molar-refractivity contribution in [3.63, 3.8) is 0 Å². The number of hydrogen-bond acceptors (Lipinski definition) is 4. The summed E-state index contributed by atoms with van der Waals surface area (Å²) in [7, 11) is 1.19. The van der Waals surface area contributed by atoms with E-state index in [1.54, 1.807) is 0 Å². The zero-order valence-electron chi connectivity index (χ0n) is 17.5. The molecule has 0 spiro atoms. The number of aliphatic hydroxyl groups excluding tert-OH is 1. The summed E-state index contributed by atoms with van der Waals surface area (Å²) in [6, 6.07) is 17.4. The molecule has 0 heterocycles. The average Bonchev–Trinajstić information content (AvgIpc) is 3.15. The fourth-order valence-electron chi connectivity index (χ4n) is 4.20. The number of methoxy groups -OCH3 is 1. The van der Waals surface area contributed by atoms with Crippen molar-refractivity contribution in [3.05, 3.63) is 95.1 Å². The molecule has 5 nitrogen and oxygen atoms in total. The van der Waals surface area contributed by atoms with Crippen LogP contribution in [0.3, 0.4) is 0 Å². The van der Waals surface area contributed by atoms with Crippen LogP contribution in [-0.4, -0.2) is 30.1 Å². The summed E-state index contributed by atoms with van der Waals surface area (Å²) in [4.78, 5) is 25.6. The molecule has 1 amide bonds. The van der Waals surface area contributed by atoms with E-state index in [1.165, 1.54) is 7.11 Å². The van der Waals surface area contributed by atoms with E-state index in [0.29, 0.717) is 0 Å². The summed E-state index contributed by atoms with van der Waals surface area (Å²) in [6.07, 6.45) is -6.31. The second-order valence-corrected chi connectivity index (χ2v) is 7.68. The van der Waals surface area contributed by atoms with Gasteiger partial charge in [-0.2, -0.15) is 13.2 Å². The van der Waals surface area contributed by atoms with Crippen LogP contribution < -0.4 is 5.32 Å². The van der Waals surface area contributed by atoms with E-state index < -0.39 is 41.7 Å². The molecule has 4 rings (SSSR count). The molecular weight excluding hydrogens is 435 g/mol. The molecular formula is C25H20F3NO4. The average molecular weight is 455 g/mol. The van der Waals surface area contributed by atoms with Crippen LogP contribution in [0.2, 0.25) is 0 Å². The summed E-state index contributed by atoms with van der Waals surface area (Å²) in [6.45, 7) is 0. The molecule has 2 atom stereocenters. The van der Waals surface area contributed by atoms with Crippen molar-refractivity contribution in [1.82, 2.24) is 5.32 Å². The molecule has 33 heavy (non-hydrogen) atoms. The molecule has 0 radical (unpaired) electrons. The van der Waals surface area contributed by atoms with Crippen LogP contribution >= 0.6 is 0 Å². The van der Waals surface area contributed by atoms with Gasteiger partial charge in [-0.15, -0.1) is 0 Å². The maximum absolute atomic E-state index is 12.8. The van der Waals surface area contributed by atoms with E-state index in [4.69, 9.17) is 4.74 Å². The molecule has 0 unspecified atom stereocenters. The number of fused-ring (bicyclic) bond motifs is 3. The first-order chi connectivity index (χ1) is 15.7. The highest BCUT2D eigenvalue weighted by molar-refractivity contribution is 5.91. The third kappa shape index (κ3) is 4.21. The predicted octanol–water partition coefficient (Wildman–Crippen LogP) is 4.21. The number of benzene rings is 3. The Balaban J connectivity index is 1.64. The van der Waals surface area contributed by atoms with Gasteiger partial charge in [0.15, 0.2) is 6.10 Å². The molecule has 0 saturated heterocycles. The zero-order valence-corrected chi connectivity index (χ0v) is 17.5. The van der Waals surface area contributed by atoms with Crippen molar-refractivity contribution in [1.29, 1.82) is 0 Å². The number of nitrogens with one attached hydrogen (secondary N) is 1. The number of aliphatic hydroxyl groups is 1. The monoisotopic (exact) mass is 455 g/mol. The zero-order chi connectivity index (χ0) is 23.8. The number of alkyl halides is 3. The predicted molar refractivity (Wildman–Crippen MR) is 114 cm³/mol. The SMILES string of the molecule is COC(=O)[C@@H](NC(=O)[C@H](O)c1ccc(C(F)(F)F)cc1)C1c2ccccc2-c2ccccc21. The fraction of sp³-hybridized carbons (Fsp3) is 0.200. The third-order valence-corrected chi connectivity index (χ3v) is 5.77. The van der Waals surface area contributed by atoms with E-state index in [-0.39, 0.29) is 5.56 Å². The maximum Gasteiger partial charge on any atom is 0.416 e. The number of amides is 1. The summed E-state index contributed by atoms with van der Waals surface area (Å²) >= 11 is 0. The Labute approximate surface area is 187 Å². The first kappa shape index (κ1) is 22.5. The van der Waals surface area contributed by atoms with E-state index in [0.717, 1.165) is 46.5 Å². The van der Waals surface area contributed by atoms with Crippen molar-refractivity contribution < 1.29 is 32.6 Å². The number of rotatable bonds is 5. The Bertz CT molecular complexity index is 1150.